The molecule has 0 aromatic heterocycles. The molecule has 1 unspecified atom stereocenters. The summed E-state index contributed by atoms with van der Waals surface area (Å²) in [5.74, 6) is -0.164. The third-order valence-electron chi connectivity index (χ3n) is 3.58. The van der Waals surface area contributed by atoms with E-state index in [2.05, 4.69) is 11.4 Å². The molecule has 92 valence electrons. The maximum Gasteiger partial charge on any atom is 0.189 e. The third-order valence-corrected chi connectivity index (χ3v) is 3.58. The minimum Gasteiger partial charge on any atom is -0.355 e. The topological polar surface area (TPSA) is 52.9 Å². The molecule has 0 aliphatic carbocycles. The smallest absolute Gasteiger partial charge is 0.189 e. The average Bonchev–Trinajstić information content (AvgIpc) is 2.55. The zero-order chi connectivity index (χ0) is 13.5. The molecular weight excluding hydrogens is 236 g/mol. The van der Waals surface area contributed by atoms with Gasteiger partial charge in [0.05, 0.1) is 6.07 Å². The zero-order valence-electron chi connectivity index (χ0n) is 10.5. The number of para-hydroxylation sites is 2. The number of rotatable bonds is 0. The quantitative estimate of drug-likeness (QED) is 0.777. The lowest BCUT2D eigenvalue weighted by Gasteiger charge is -2.20. The summed E-state index contributed by atoms with van der Waals surface area (Å²) in [7, 11) is 0. The largest absolute Gasteiger partial charge is 0.355 e. The first-order chi connectivity index (χ1) is 9.16. The van der Waals surface area contributed by atoms with Gasteiger partial charge in [-0.3, -0.25) is 4.79 Å². The molecular formula is C16H12N2O. The van der Waals surface area contributed by atoms with Crippen LogP contribution in [0, 0.1) is 11.3 Å². The van der Waals surface area contributed by atoms with E-state index in [1.807, 2.05) is 42.5 Å². The van der Waals surface area contributed by atoms with Crippen LogP contribution >= 0.6 is 0 Å². The van der Waals surface area contributed by atoms with Gasteiger partial charge in [-0.2, -0.15) is 5.26 Å². The second kappa shape index (κ2) is 3.96. The molecule has 0 spiro atoms. The van der Waals surface area contributed by atoms with Crippen LogP contribution in [0.25, 0.3) is 0 Å². The van der Waals surface area contributed by atoms with Crippen LogP contribution in [-0.4, -0.2) is 5.78 Å². The molecule has 0 radical (unpaired) electrons. The van der Waals surface area contributed by atoms with Gasteiger partial charge in [0.15, 0.2) is 5.78 Å². The lowest BCUT2D eigenvalue weighted by Crippen LogP contribution is -2.30. The van der Waals surface area contributed by atoms with E-state index in [1.165, 1.54) is 0 Å². The predicted octanol–water partition coefficient (Wildman–Crippen LogP) is 3.41. The van der Waals surface area contributed by atoms with Crippen LogP contribution in [0.2, 0.25) is 0 Å². The highest BCUT2D eigenvalue weighted by Gasteiger charge is 2.40. The van der Waals surface area contributed by atoms with Crippen molar-refractivity contribution in [3.05, 3.63) is 59.7 Å². The standard InChI is InChI=1S/C16H12N2O/c1-16(10-17)12-7-3-5-9-14(12)18-13-8-4-2-6-11(13)15(16)19/h2-9,18H,1H3. The SMILES string of the molecule is CC1(C#N)C(=O)c2ccccc2Nc2ccccc21. The summed E-state index contributed by atoms with van der Waals surface area (Å²) in [5.41, 5.74) is 1.68. The van der Waals surface area contributed by atoms with Crippen molar-refractivity contribution in [2.75, 3.05) is 5.32 Å². The van der Waals surface area contributed by atoms with Gasteiger partial charge in [0.25, 0.3) is 0 Å². The van der Waals surface area contributed by atoms with E-state index in [9.17, 15) is 10.1 Å². The third kappa shape index (κ3) is 1.54. The number of nitrogens with one attached hydrogen (secondary N) is 1. The summed E-state index contributed by atoms with van der Waals surface area (Å²) in [6.45, 7) is 1.68. The minimum atomic E-state index is -1.16. The Bertz CT molecular complexity index is 715. The van der Waals surface area contributed by atoms with Crippen molar-refractivity contribution in [1.82, 2.24) is 0 Å². The first-order valence-corrected chi connectivity index (χ1v) is 6.08. The summed E-state index contributed by atoms with van der Waals surface area (Å²) < 4.78 is 0. The summed E-state index contributed by atoms with van der Waals surface area (Å²) >= 11 is 0. The van der Waals surface area contributed by atoms with Crippen LogP contribution in [-0.2, 0) is 5.41 Å². The number of nitrogens with zero attached hydrogens (tertiary/aromatic N) is 1. The molecule has 2 aromatic rings. The highest BCUT2D eigenvalue weighted by atomic mass is 16.1. The fourth-order valence-electron chi connectivity index (χ4n) is 2.47. The lowest BCUT2D eigenvalue weighted by atomic mass is 9.77. The van der Waals surface area contributed by atoms with Crippen molar-refractivity contribution in [1.29, 1.82) is 5.26 Å². The highest BCUT2D eigenvalue weighted by Crippen LogP contribution is 2.39. The Labute approximate surface area is 111 Å². The fraction of sp³-hybridized carbons (Fsp3) is 0.125. The molecule has 1 aliphatic rings. The Morgan fingerprint density at radius 3 is 2.42 bits per heavy atom. The van der Waals surface area contributed by atoms with Crippen LogP contribution in [0.5, 0.6) is 0 Å². The number of carbonyl (C=O) groups excluding carboxylic acids is 1. The van der Waals surface area contributed by atoms with Crippen molar-refractivity contribution in [3.63, 3.8) is 0 Å². The maximum absolute atomic E-state index is 12.7. The summed E-state index contributed by atoms with van der Waals surface area (Å²) in [5, 5.41) is 12.8. The number of ketones is 1. The number of Topliss-reactive ketones (excluding diaryl/α,β-unsaturated/α-hetero) is 1. The van der Waals surface area contributed by atoms with Gasteiger partial charge < -0.3 is 5.32 Å². The van der Waals surface area contributed by atoms with E-state index in [0.717, 1.165) is 16.9 Å². The molecule has 1 atom stereocenters. The molecule has 0 amide bonds. The number of carbonyl (C=O) groups is 1. The van der Waals surface area contributed by atoms with E-state index in [-0.39, 0.29) is 5.78 Å². The van der Waals surface area contributed by atoms with Crippen molar-refractivity contribution < 1.29 is 4.79 Å². The van der Waals surface area contributed by atoms with Gasteiger partial charge in [0.1, 0.15) is 5.41 Å². The fourth-order valence-corrected chi connectivity index (χ4v) is 2.47. The normalized spacial score (nSPS) is 20.5. The van der Waals surface area contributed by atoms with Crippen LogP contribution in [0.1, 0.15) is 22.8 Å². The number of hydrogen-bond donors (Lipinski definition) is 1. The second-order valence-electron chi connectivity index (χ2n) is 4.78. The van der Waals surface area contributed by atoms with E-state index in [0.29, 0.717) is 5.56 Å². The number of nitriles is 1. The van der Waals surface area contributed by atoms with Gasteiger partial charge in [0.2, 0.25) is 0 Å². The molecule has 19 heavy (non-hydrogen) atoms. The summed E-state index contributed by atoms with van der Waals surface area (Å²) in [6.07, 6.45) is 0. The van der Waals surface area contributed by atoms with Crippen molar-refractivity contribution in [3.8, 4) is 6.07 Å². The molecule has 3 rings (SSSR count). The number of hydrogen-bond acceptors (Lipinski definition) is 3. The van der Waals surface area contributed by atoms with Crippen LogP contribution in [0.15, 0.2) is 48.5 Å². The Hall–Kier alpha value is -2.60. The molecule has 0 fully saturated rings. The molecule has 0 saturated heterocycles. The van der Waals surface area contributed by atoms with E-state index in [1.54, 1.807) is 13.0 Å². The van der Waals surface area contributed by atoms with Crippen LogP contribution in [0.4, 0.5) is 11.4 Å². The summed E-state index contributed by atoms with van der Waals surface area (Å²) in [6, 6.07) is 16.9. The van der Waals surface area contributed by atoms with Crippen molar-refractivity contribution in [2.45, 2.75) is 12.3 Å². The number of anilines is 2. The molecule has 3 nitrogen and oxygen atoms in total. The van der Waals surface area contributed by atoms with Gasteiger partial charge in [0, 0.05) is 22.5 Å². The molecule has 0 bridgehead atoms. The number of benzene rings is 2. The molecule has 1 heterocycles. The van der Waals surface area contributed by atoms with Gasteiger partial charge >= 0.3 is 0 Å². The lowest BCUT2D eigenvalue weighted by molar-refractivity contribution is 0.0933. The maximum atomic E-state index is 12.7. The Kier molecular flexibility index (Phi) is 2.39. The van der Waals surface area contributed by atoms with Gasteiger partial charge in [-0.15, -0.1) is 0 Å². The molecule has 1 N–H and O–H groups in total. The molecule has 3 heteroatoms. The van der Waals surface area contributed by atoms with E-state index in [4.69, 9.17) is 0 Å². The Morgan fingerprint density at radius 2 is 1.68 bits per heavy atom. The Balaban J connectivity index is 2.35. The second-order valence-corrected chi connectivity index (χ2v) is 4.78. The van der Waals surface area contributed by atoms with Crippen LogP contribution < -0.4 is 5.32 Å². The zero-order valence-corrected chi connectivity index (χ0v) is 10.5. The van der Waals surface area contributed by atoms with E-state index >= 15 is 0 Å². The van der Waals surface area contributed by atoms with Crippen LogP contribution in [0.3, 0.4) is 0 Å². The first kappa shape index (κ1) is 11.5. The molecule has 0 saturated carbocycles. The van der Waals surface area contributed by atoms with Crippen molar-refractivity contribution >= 4 is 17.2 Å². The van der Waals surface area contributed by atoms with Gasteiger partial charge in [-0.1, -0.05) is 30.3 Å². The van der Waals surface area contributed by atoms with Crippen molar-refractivity contribution in [2.24, 2.45) is 0 Å². The first-order valence-electron chi connectivity index (χ1n) is 6.08. The predicted molar refractivity (Wildman–Crippen MR) is 73.5 cm³/mol. The highest BCUT2D eigenvalue weighted by molar-refractivity contribution is 6.12. The molecule has 1 aliphatic heterocycles. The monoisotopic (exact) mass is 248 g/mol. The van der Waals surface area contributed by atoms with Gasteiger partial charge in [-0.25, -0.2) is 0 Å². The minimum absolute atomic E-state index is 0.164. The van der Waals surface area contributed by atoms with Gasteiger partial charge in [-0.05, 0) is 25.1 Å². The summed E-state index contributed by atoms with van der Waals surface area (Å²) in [4.78, 5) is 12.7. The number of fused-ring (bicyclic) bond motifs is 2. The average molecular weight is 248 g/mol. The molecule has 2 aromatic carbocycles. The Morgan fingerprint density at radius 1 is 1.05 bits per heavy atom. The van der Waals surface area contributed by atoms with E-state index < -0.39 is 5.41 Å².